The first-order valence-electron chi connectivity index (χ1n) is 10.5. The summed E-state index contributed by atoms with van der Waals surface area (Å²) < 4.78 is 16.3. The van der Waals surface area contributed by atoms with Crippen molar-refractivity contribution in [2.75, 3.05) is 38.6 Å². The van der Waals surface area contributed by atoms with E-state index in [2.05, 4.69) is 35.8 Å². The van der Waals surface area contributed by atoms with Gasteiger partial charge in [-0.1, -0.05) is 30.8 Å². The number of benzene rings is 2. The van der Waals surface area contributed by atoms with Crippen LogP contribution in [0.2, 0.25) is 0 Å². The van der Waals surface area contributed by atoms with Crippen molar-refractivity contribution in [1.82, 2.24) is 20.0 Å². The van der Waals surface area contributed by atoms with Gasteiger partial charge in [0, 0.05) is 30.6 Å². The van der Waals surface area contributed by atoms with Crippen LogP contribution in [0, 0.1) is 5.82 Å². The van der Waals surface area contributed by atoms with E-state index in [4.69, 9.17) is 5.10 Å². The van der Waals surface area contributed by atoms with Crippen molar-refractivity contribution in [3.8, 4) is 11.1 Å². The van der Waals surface area contributed by atoms with Crippen LogP contribution >= 0.6 is 0 Å². The van der Waals surface area contributed by atoms with E-state index in [9.17, 15) is 9.18 Å². The van der Waals surface area contributed by atoms with Crippen LogP contribution in [0.5, 0.6) is 0 Å². The van der Waals surface area contributed by atoms with E-state index in [-0.39, 0.29) is 17.8 Å². The summed E-state index contributed by atoms with van der Waals surface area (Å²) in [5, 5.41) is 8.84. The van der Waals surface area contributed by atoms with Gasteiger partial charge in [-0.05, 0) is 56.9 Å². The van der Waals surface area contributed by atoms with E-state index in [1.54, 1.807) is 12.1 Å². The van der Waals surface area contributed by atoms with Crippen LogP contribution in [-0.2, 0) is 11.3 Å². The molecule has 0 radical (unpaired) electrons. The maximum absolute atomic E-state index is 14.3. The van der Waals surface area contributed by atoms with Crippen molar-refractivity contribution in [2.45, 2.75) is 19.0 Å². The van der Waals surface area contributed by atoms with Crippen molar-refractivity contribution in [2.24, 2.45) is 0 Å². The normalized spacial score (nSPS) is 14.1. The molecule has 1 fully saturated rings. The smallest absolute Gasteiger partial charge is 0.243 e. The van der Waals surface area contributed by atoms with Crippen LogP contribution in [0.15, 0.2) is 55.1 Å². The van der Waals surface area contributed by atoms with Crippen molar-refractivity contribution in [1.29, 1.82) is 0 Å². The Morgan fingerprint density at radius 2 is 2.06 bits per heavy atom. The summed E-state index contributed by atoms with van der Waals surface area (Å²) >= 11 is 0. The highest BCUT2D eigenvalue weighted by Gasteiger charge is 2.31. The largest absolute Gasteiger partial charge is 0.352 e. The highest BCUT2D eigenvalue weighted by molar-refractivity contribution is 5.94. The summed E-state index contributed by atoms with van der Waals surface area (Å²) in [5.41, 5.74) is 2.23. The van der Waals surface area contributed by atoms with Crippen LogP contribution in [0.1, 0.15) is 6.42 Å². The minimum absolute atomic E-state index is 0.100. The molecule has 0 unspecified atom stereocenters. The van der Waals surface area contributed by atoms with Gasteiger partial charge in [0.05, 0.1) is 11.6 Å². The molecule has 2 heterocycles. The number of rotatable bonds is 8. The number of aromatic nitrogens is 2. The number of carbonyl (C=O) groups is 1. The van der Waals surface area contributed by atoms with Gasteiger partial charge in [0.15, 0.2) is 0 Å². The number of nitrogens with one attached hydrogen (secondary N) is 1. The molecule has 0 bridgehead atoms. The maximum Gasteiger partial charge on any atom is 0.243 e. The van der Waals surface area contributed by atoms with E-state index in [1.807, 2.05) is 28.9 Å². The zero-order valence-corrected chi connectivity index (χ0v) is 18.0. The second kappa shape index (κ2) is 8.89. The van der Waals surface area contributed by atoms with Crippen molar-refractivity contribution < 1.29 is 9.18 Å². The molecule has 162 valence electrons. The molecule has 1 saturated heterocycles. The Labute approximate surface area is 181 Å². The molecule has 31 heavy (non-hydrogen) atoms. The molecule has 4 rings (SSSR count). The minimum Gasteiger partial charge on any atom is -0.352 e. The van der Waals surface area contributed by atoms with E-state index in [1.165, 1.54) is 12.1 Å². The molecular weight excluding hydrogens is 393 g/mol. The number of nitrogens with zero attached hydrogens (tertiary/aromatic N) is 4. The molecule has 7 heteroatoms. The Kier molecular flexibility index (Phi) is 6.04. The molecule has 1 aliphatic rings. The number of aryl methyl sites for hydroxylation is 1. The van der Waals surface area contributed by atoms with Crippen LogP contribution in [-0.4, -0.2) is 60.4 Å². The lowest BCUT2D eigenvalue weighted by Gasteiger charge is -2.41. The number of halogens is 1. The highest BCUT2D eigenvalue weighted by atomic mass is 19.1. The van der Waals surface area contributed by atoms with E-state index < -0.39 is 0 Å². The number of fused-ring (bicyclic) bond motifs is 1. The molecule has 0 aliphatic carbocycles. The third kappa shape index (κ3) is 4.46. The van der Waals surface area contributed by atoms with E-state index >= 15 is 0 Å². The lowest BCUT2D eigenvalue weighted by molar-refractivity contribution is -0.117. The van der Waals surface area contributed by atoms with Gasteiger partial charge in [0.25, 0.3) is 0 Å². The molecule has 1 N–H and O–H groups in total. The Bertz CT molecular complexity index is 1100. The third-order valence-electron chi connectivity index (χ3n) is 5.58. The quantitative estimate of drug-likeness (QED) is 0.567. The fourth-order valence-corrected chi connectivity index (χ4v) is 4.01. The molecule has 0 atom stereocenters. The first-order chi connectivity index (χ1) is 15.0. The van der Waals surface area contributed by atoms with Gasteiger partial charge < -0.3 is 15.1 Å². The zero-order valence-electron chi connectivity index (χ0n) is 18.0. The van der Waals surface area contributed by atoms with E-state index in [0.717, 1.165) is 54.9 Å². The SMILES string of the molecule is C=CC(=O)NC1CN(c2c3ccc(-c4ccccc4F)cc3nn2CCCN(C)C)C1. The topological polar surface area (TPSA) is 53.4 Å². The van der Waals surface area contributed by atoms with Gasteiger partial charge in [0.1, 0.15) is 11.6 Å². The molecule has 0 spiro atoms. The number of anilines is 1. The van der Waals surface area contributed by atoms with Crippen LogP contribution in [0.25, 0.3) is 22.0 Å². The van der Waals surface area contributed by atoms with Crippen molar-refractivity contribution in [3.05, 3.63) is 60.9 Å². The maximum atomic E-state index is 14.3. The van der Waals surface area contributed by atoms with Crippen LogP contribution in [0.3, 0.4) is 0 Å². The molecular formula is C24H28FN5O. The van der Waals surface area contributed by atoms with Crippen LogP contribution in [0.4, 0.5) is 10.2 Å². The fraction of sp³-hybridized carbons (Fsp3) is 0.333. The molecule has 6 nitrogen and oxygen atoms in total. The van der Waals surface area contributed by atoms with Gasteiger partial charge in [0.2, 0.25) is 5.91 Å². The molecule has 3 aromatic rings. The Morgan fingerprint density at radius 1 is 1.29 bits per heavy atom. The summed E-state index contributed by atoms with van der Waals surface area (Å²) in [6.45, 7) is 6.72. The monoisotopic (exact) mass is 421 g/mol. The number of hydrogen-bond acceptors (Lipinski definition) is 4. The second-order valence-corrected chi connectivity index (χ2v) is 8.23. The van der Waals surface area contributed by atoms with Crippen molar-refractivity contribution in [3.63, 3.8) is 0 Å². The second-order valence-electron chi connectivity index (χ2n) is 8.23. The predicted octanol–water partition coefficient (Wildman–Crippen LogP) is 3.28. The van der Waals surface area contributed by atoms with Gasteiger partial charge in [-0.25, -0.2) is 9.07 Å². The summed E-state index contributed by atoms with van der Waals surface area (Å²) in [5.74, 6) is 0.664. The van der Waals surface area contributed by atoms with Crippen molar-refractivity contribution >= 4 is 22.6 Å². The minimum atomic E-state index is -0.240. The van der Waals surface area contributed by atoms with Gasteiger partial charge >= 0.3 is 0 Å². The summed E-state index contributed by atoms with van der Waals surface area (Å²) in [6, 6.07) is 12.8. The molecule has 1 amide bonds. The van der Waals surface area contributed by atoms with E-state index in [0.29, 0.717) is 5.56 Å². The lowest BCUT2D eigenvalue weighted by Crippen LogP contribution is -2.59. The highest BCUT2D eigenvalue weighted by Crippen LogP contribution is 2.34. The fourth-order valence-electron chi connectivity index (χ4n) is 4.01. The number of carbonyl (C=O) groups excluding carboxylic acids is 1. The molecule has 2 aromatic carbocycles. The third-order valence-corrected chi connectivity index (χ3v) is 5.58. The first-order valence-corrected chi connectivity index (χ1v) is 10.5. The van der Waals surface area contributed by atoms with Gasteiger partial charge in [-0.15, -0.1) is 0 Å². The summed E-state index contributed by atoms with van der Waals surface area (Å²) in [4.78, 5) is 16.0. The van der Waals surface area contributed by atoms with Gasteiger partial charge in [-0.3, -0.25) is 4.79 Å². The average Bonchev–Trinajstić information content (AvgIpc) is 3.07. The Morgan fingerprint density at radius 3 is 2.77 bits per heavy atom. The zero-order chi connectivity index (χ0) is 22.0. The lowest BCUT2D eigenvalue weighted by atomic mass is 10.0. The number of amides is 1. The predicted molar refractivity (Wildman–Crippen MR) is 123 cm³/mol. The molecule has 1 aromatic heterocycles. The molecule has 0 saturated carbocycles. The van der Waals surface area contributed by atoms with Crippen LogP contribution < -0.4 is 10.2 Å². The number of hydrogen-bond donors (Lipinski definition) is 1. The summed E-state index contributed by atoms with van der Waals surface area (Å²) in [7, 11) is 4.12. The first kappa shape index (κ1) is 21.1. The Hall–Kier alpha value is -3.19. The average molecular weight is 422 g/mol. The molecule has 1 aliphatic heterocycles. The van der Waals surface area contributed by atoms with Gasteiger partial charge in [-0.2, -0.15) is 5.10 Å². The summed E-state index contributed by atoms with van der Waals surface area (Å²) in [6.07, 6.45) is 2.27. The Balaban J connectivity index is 1.64. The standard InChI is InChI=1S/C24H28FN5O/c1-4-23(31)26-18-15-29(16-18)24-20-11-10-17(19-8-5-6-9-21(19)25)14-22(20)27-30(24)13-7-12-28(2)3/h4-6,8-11,14,18H,1,7,12-13,15-16H2,2-3H3,(H,26,31).